The van der Waals surface area contributed by atoms with Crippen molar-refractivity contribution >= 4 is 5.91 Å². The predicted molar refractivity (Wildman–Crippen MR) is 138 cm³/mol. The molecule has 1 fully saturated rings. The third-order valence-corrected chi connectivity index (χ3v) is 6.94. The standard InChI is InChI=1S/C30H36N2O2/c1-3-23-13-15-25(16-14-23)28-18-17-27(22-32(28)21-24-9-5-4-6-10-24)30(33)31-20-19-26-11-7-8-12-29(26)34-2/h4-16,27-28H,3,17-22H2,1-2H3,(H,31,33). The molecule has 0 aliphatic carbocycles. The van der Waals surface area contributed by atoms with E-state index in [4.69, 9.17) is 4.74 Å². The molecule has 34 heavy (non-hydrogen) atoms. The summed E-state index contributed by atoms with van der Waals surface area (Å²) in [5.41, 5.74) is 5.12. The number of piperidine rings is 1. The second-order valence-electron chi connectivity index (χ2n) is 9.15. The zero-order valence-corrected chi connectivity index (χ0v) is 20.4. The summed E-state index contributed by atoms with van der Waals surface area (Å²) in [4.78, 5) is 15.6. The van der Waals surface area contributed by atoms with E-state index in [-0.39, 0.29) is 11.8 Å². The van der Waals surface area contributed by atoms with Crippen molar-refractivity contribution in [2.75, 3.05) is 20.2 Å². The van der Waals surface area contributed by atoms with Crippen molar-refractivity contribution in [1.82, 2.24) is 10.2 Å². The fraction of sp³-hybridized carbons (Fsp3) is 0.367. The molecule has 1 saturated heterocycles. The van der Waals surface area contributed by atoms with Crippen molar-refractivity contribution in [3.05, 3.63) is 101 Å². The topological polar surface area (TPSA) is 41.6 Å². The van der Waals surface area contributed by atoms with Crippen LogP contribution in [-0.2, 0) is 24.2 Å². The Morgan fingerprint density at radius 1 is 0.941 bits per heavy atom. The molecule has 2 atom stereocenters. The molecule has 0 radical (unpaired) electrons. The highest BCUT2D eigenvalue weighted by Crippen LogP contribution is 2.35. The number of para-hydroxylation sites is 1. The molecule has 0 saturated carbocycles. The van der Waals surface area contributed by atoms with E-state index in [0.717, 1.165) is 50.1 Å². The van der Waals surface area contributed by atoms with E-state index >= 15 is 0 Å². The predicted octanol–water partition coefficient (Wildman–Crippen LogP) is 5.57. The lowest BCUT2D eigenvalue weighted by molar-refractivity contribution is -0.127. The van der Waals surface area contributed by atoms with Crippen LogP contribution in [0.2, 0.25) is 0 Å². The average molecular weight is 457 g/mol. The summed E-state index contributed by atoms with van der Waals surface area (Å²) in [7, 11) is 1.69. The Morgan fingerprint density at radius 2 is 1.68 bits per heavy atom. The number of rotatable bonds is 9. The molecule has 1 aliphatic rings. The van der Waals surface area contributed by atoms with Crippen LogP contribution in [0.3, 0.4) is 0 Å². The molecule has 1 aliphatic heterocycles. The minimum atomic E-state index is 0.00699. The van der Waals surface area contributed by atoms with Crippen LogP contribution in [0.5, 0.6) is 5.75 Å². The first-order valence-electron chi connectivity index (χ1n) is 12.4. The number of amides is 1. The molecular weight excluding hydrogens is 420 g/mol. The summed E-state index contributed by atoms with van der Waals surface area (Å²) >= 11 is 0. The van der Waals surface area contributed by atoms with Crippen molar-refractivity contribution in [3.63, 3.8) is 0 Å². The van der Waals surface area contributed by atoms with E-state index in [1.165, 1.54) is 16.7 Å². The second kappa shape index (κ2) is 11.8. The van der Waals surface area contributed by atoms with Gasteiger partial charge in [0.25, 0.3) is 0 Å². The van der Waals surface area contributed by atoms with Crippen molar-refractivity contribution in [2.24, 2.45) is 5.92 Å². The lowest BCUT2D eigenvalue weighted by atomic mass is 9.87. The Kier molecular flexibility index (Phi) is 8.37. The molecule has 0 bridgehead atoms. The Labute approximate surface area is 204 Å². The van der Waals surface area contributed by atoms with Crippen LogP contribution in [0.25, 0.3) is 0 Å². The van der Waals surface area contributed by atoms with Gasteiger partial charge in [-0.3, -0.25) is 9.69 Å². The third-order valence-electron chi connectivity index (χ3n) is 6.94. The summed E-state index contributed by atoms with van der Waals surface area (Å²) in [6.45, 7) is 4.44. The molecule has 1 amide bonds. The number of nitrogens with zero attached hydrogens (tertiary/aromatic N) is 1. The van der Waals surface area contributed by atoms with Crippen molar-refractivity contribution in [1.29, 1.82) is 0 Å². The normalized spacial score (nSPS) is 18.4. The molecule has 178 valence electrons. The maximum Gasteiger partial charge on any atom is 0.224 e. The number of carbonyl (C=O) groups is 1. The van der Waals surface area contributed by atoms with E-state index in [2.05, 4.69) is 77.8 Å². The number of likely N-dealkylation sites (tertiary alicyclic amines) is 1. The van der Waals surface area contributed by atoms with Crippen LogP contribution in [0.4, 0.5) is 0 Å². The summed E-state index contributed by atoms with van der Waals surface area (Å²) in [6, 6.07) is 28.0. The number of benzene rings is 3. The first-order valence-corrected chi connectivity index (χ1v) is 12.4. The zero-order valence-electron chi connectivity index (χ0n) is 20.4. The number of aryl methyl sites for hydroxylation is 1. The number of carbonyl (C=O) groups excluding carboxylic acids is 1. The fourth-order valence-corrected chi connectivity index (χ4v) is 4.98. The first kappa shape index (κ1) is 24.0. The van der Waals surface area contributed by atoms with Gasteiger partial charge in [-0.15, -0.1) is 0 Å². The monoisotopic (exact) mass is 456 g/mol. The van der Waals surface area contributed by atoms with E-state index < -0.39 is 0 Å². The van der Waals surface area contributed by atoms with E-state index in [0.29, 0.717) is 12.6 Å². The van der Waals surface area contributed by atoms with Crippen LogP contribution in [-0.4, -0.2) is 31.0 Å². The lowest BCUT2D eigenvalue weighted by Crippen LogP contribution is -2.44. The number of methoxy groups -OCH3 is 1. The SMILES string of the molecule is CCc1ccc(C2CCC(C(=O)NCCc3ccccc3OC)CN2Cc2ccccc2)cc1. The highest BCUT2D eigenvalue weighted by Gasteiger charge is 2.32. The van der Waals surface area contributed by atoms with Gasteiger partial charge in [-0.05, 0) is 54.0 Å². The van der Waals surface area contributed by atoms with Crippen LogP contribution in [0.15, 0.2) is 78.9 Å². The smallest absolute Gasteiger partial charge is 0.224 e. The molecule has 3 aromatic rings. The van der Waals surface area contributed by atoms with Crippen molar-refractivity contribution in [2.45, 2.75) is 45.2 Å². The number of nitrogens with one attached hydrogen (secondary N) is 1. The van der Waals surface area contributed by atoms with Crippen molar-refractivity contribution < 1.29 is 9.53 Å². The third kappa shape index (κ3) is 6.06. The molecule has 4 heteroatoms. The number of ether oxygens (including phenoxy) is 1. The average Bonchev–Trinajstić information content (AvgIpc) is 2.89. The molecule has 1 N–H and O–H groups in total. The van der Waals surface area contributed by atoms with Gasteiger partial charge in [0.1, 0.15) is 5.75 Å². The molecular formula is C30H36N2O2. The van der Waals surface area contributed by atoms with E-state index in [1.54, 1.807) is 7.11 Å². The minimum Gasteiger partial charge on any atom is -0.496 e. The second-order valence-corrected chi connectivity index (χ2v) is 9.15. The lowest BCUT2D eigenvalue weighted by Gasteiger charge is -2.39. The highest BCUT2D eigenvalue weighted by atomic mass is 16.5. The van der Waals surface area contributed by atoms with Crippen LogP contribution < -0.4 is 10.1 Å². The Bertz CT molecular complexity index is 1050. The molecule has 1 heterocycles. The van der Waals surface area contributed by atoms with Crippen molar-refractivity contribution in [3.8, 4) is 5.75 Å². The van der Waals surface area contributed by atoms with Gasteiger partial charge in [0.05, 0.1) is 13.0 Å². The first-order chi connectivity index (χ1) is 16.7. The largest absolute Gasteiger partial charge is 0.496 e. The van der Waals surface area contributed by atoms with Gasteiger partial charge in [-0.1, -0.05) is 79.7 Å². The Morgan fingerprint density at radius 3 is 2.41 bits per heavy atom. The van der Waals surface area contributed by atoms with Crippen LogP contribution >= 0.6 is 0 Å². The summed E-state index contributed by atoms with van der Waals surface area (Å²) in [5.74, 6) is 1.04. The zero-order chi connectivity index (χ0) is 23.8. The van der Waals surface area contributed by atoms with Crippen LogP contribution in [0.1, 0.15) is 48.1 Å². The number of hydrogen-bond donors (Lipinski definition) is 1. The van der Waals surface area contributed by atoms with Gasteiger partial charge >= 0.3 is 0 Å². The Hall–Kier alpha value is -3.11. The van der Waals surface area contributed by atoms with Gasteiger partial charge < -0.3 is 10.1 Å². The summed E-state index contributed by atoms with van der Waals surface area (Å²) in [5, 5.41) is 3.19. The molecule has 0 aromatic heterocycles. The maximum absolute atomic E-state index is 13.1. The van der Waals surface area contributed by atoms with Crippen LogP contribution in [0, 0.1) is 5.92 Å². The van der Waals surface area contributed by atoms with Gasteiger partial charge in [-0.25, -0.2) is 0 Å². The van der Waals surface area contributed by atoms with Gasteiger partial charge in [0.2, 0.25) is 5.91 Å². The summed E-state index contributed by atoms with van der Waals surface area (Å²) < 4.78 is 5.44. The van der Waals surface area contributed by atoms with Gasteiger partial charge in [-0.2, -0.15) is 0 Å². The molecule has 3 aromatic carbocycles. The highest BCUT2D eigenvalue weighted by molar-refractivity contribution is 5.79. The fourth-order valence-electron chi connectivity index (χ4n) is 4.98. The van der Waals surface area contributed by atoms with Gasteiger partial charge in [0, 0.05) is 25.7 Å². The Balaban J connectivity index is 1.41. The number of hydrogen-bond acceptors (Lipinski definition) is 3. The van der Waals surface area contributed by atoms with E-state index in [1.807, 2.05) is 18.2 Å². The molecule has 0 spiro atoms. The summed E-state index contributed by atoms with van der Waals surface area (Å²) in [6.07, 6.45) is 3.72. The molecule has 2 unspecified atom stereocenters. The maximum atomic E-state index is 13.1. The van der Waals surface area contributed by atoms with E-state index in [9.17, 15) is 4.79 Å². The molecule has 4 rings (SSSR count). The quantitative estimate of drug-likeness (QED) is 0.458. The molecule has 4 nitrogen and oxygen atoms in total. The van der Waals surface area contributed by atoms with Gasteiger partial charge in [0.15, 0.2) is 0 Å². The minimum absolute atomic E-state index is 0.00699.